The summed E-state index contributed by atoms with van der Waals surface area (Å²) in [5.41, 5.74) is 3.00. The maximum atomic E-state index is 12.8. The van der Waals surface area contributed by atoms with Gasteiger partial charge in [0.1, 0.15) is 11.3 Å². The summed E-state index contributed by atoms with van der Waals surface area (Å²) in [6.07, 6.45) is 0.749. The number of carbonyl (C=O) groups excluding carboxylic acids is 2. The number of rotatable bonds is 8. The van der Waals surface area contributed by atoms with Crippen LogP contribution >= 0.6 is 0 Å². The van der Waals surface area contributed by atoms with Gasteiger partial charge >= 0.3 is 5.63 Å². The minimum absolute atomic E-state index is 0.0498. The fourth-order valence-corrected chi connectivity index (χ4v) is 4.33. The summed E-state index contributed by atoms with van der Waals surface area (Å²) in [4.78, 5) is 39.9. The lowest BCUT2D eigenvalue weighted by Crippen LogP contribution is -2.52. The lowest BCUT2D eigenvalue weighted by atomic mass is 10.0. The number of para-hydroxylation sites is 1. The molecule has 37 heavy (non-hydrogen) atoms. The molecule has 3 aromatic carbocycles. The molecule has 2 atom stereocenters. The molecule has 0 aliphatic rings. The van der Waals surface area contributed by atoms with Crippen LogP contribution in [-0.4, -0.2) is 29.0 Å². The molecule has 0 aliphatic heterocycles. The van der Waals surface area contributed by atoms with Crippen molar-refractivity contribution >= 4 is 33.7 Å². The van der Waals surface area contributed by atoms with Gasteiger partial charge in [-0.2, -0.15) is 0 Å². The van der Waals surface area contributed by atoms with Crippen molar-refractivity contribution in [2.75, 3.05) is 0 Å². The second kappa shape index (κ2) is 10.0. The summed E-state index contributed by atoms with van der Waals surface area (Å²) in [7, 11) is 0. The number of benzene rings is 3. The van der Waals surface area contributed by atoms with Crippen LogP contribution in [-0.2, 0) is 16.0 Å². The zero-order valence-electron chi connectivity index (χ0n) is 19.9. The second-order valence-electron chi connectivity index (χ2n) is 8.71. The van der Waals surface area contributed by atoms with Gasteiger partial charge in [0, 0.05) is 41.0 Å². The molecule has 0 unspecified atom stereocenters. The fourth-order valence-electron chi connectivity index (χ4n) is 4.33. The Hall–Kier alpha value is -4.85. The van der Waals surface area contributed by atoms with Crippen molar-refractivity contribution in [3.05, 3.63) is 101 Å². The number of H-pyrrole nitrogens is 1. The molecular weight excluding hydrogens is 472 g/mol. The van der Waals surface area contributed by atoms with Gasteiger partial charge in [0.2, 0.25) is 0 Å². The fraction of sp³-hybridized carbons (Fsp3) is 0.138. The molecule has 0 fully saturated rings. The van der Waals surface area contributed by atoms with Crippen molar-refractivity contribution in [2.45, 2.75) is 25.5 Å². The Labute approximate surface area is 211 Å². The highest BCUT2D eigenvalue weighted by Gasteiger charge is 2.22. The first-order chi connectivity index (χ1) is 17.9. The zero-order valence-corrected chi connectivity index (χ0v) is 19.9. The Morgan fingerprint density at radius 3 is 2.54 bits per heavy atom. The molecule has 2 aromatic heterocycles. The Morgan fingerprint density at radius 2 is 1.76 bits per heavy atom. The van der Waals surface area contributed by atoms with Crippen molar-refractivity contribution in [3.63, 3.8) is 0 Å². The van der Waals surface area contributed by atoms with Crippen LogP contribution in [0.4, 0.5) is 0 Å². The zero-order chi connectivity index (χ0) is 25.9. The van der Waals surface area contributed by atoms with Crippen LogP contribution in [0, 0.1) is 0 Å². The summed E-state index contributed by atoms with van der Waals surface area (Å²) in [5, 5.41) is 15.9. The van der Waals surface area contributed by atoms with Crippen LogP contribution in [0.2, 0.25) is 0 Å². The predicted octanol–water partition coefficient (Wildman–Crippen LogP) is 3.19. The quantitative estimate of drug-likeness (QED) is 0.319. The van der Waals surface area contributed by atoms with Crippen LogP contribution in [0.15, 0.2) is 94.3 Å². The predicted molar refractivity (Wildman–Crippen MR) is 137 cm³/mol. The van der Waals surface area contributed by atoms with E-state index in [1.165, 1.54) is 19.1 Å². The summed E-state index contributed by atoms with van der Waals surface area (Å²) < 4.78 is 11.1. The molecular formula is C29H23N2O6-. The van der Waals surface area contributed by atoms with Crippen LogP contribution in [0.25, 0.3) is 33.0 Å². The van der Waals surface area contributed by atoms with Crippen molar-refractivity contribution < 1.29 is 23.8 Å². The number of aliphatic carboxylic acids is 1. The molecule has 1 amide bonds. The molecule has 8 heteroatoms. The van der Waals surface area contributed by atoms with E-state index < -0.39 is 29.6 Å². The lowest BCUT2D eigenvalue weighted by molar-refractivity contribution is -0.308. The molecule has 0 bridgehead atoms. The minimum atomic E-state index is -1.40. The van der Waals surface area contributed by atoms with E-state index in [1.54, 1.807) is 18.3 Å². The number of hydrogen-bond acceptors (Lipinski definition) is 6. The molecule has 0 aliphatic carbocycles. The molecule has 5 aromatic rings. The number of ether oxygens (including phenoxy) is 1. The van der Waals surface area contributed by atoms with E-state index >= 15 is 0 Å². The maximum Gasteiger partial charge on any atom is 0.336 e. The summed E-state index contributed by atoms with van der Waals surface area (Å²) >= 11 is 0. The van der Waals surface area contributed by atoms with Gasteiger partial charge in [0.05, 0.1) is 12.0 Å². The Morgan fingerprint density at radius 1 is 1.00 bits per heavy atom. The molecule has 0 radical (unpaired) electrons. The van der Waals surface area contributed by atoms with Gasteiger partial charge in [0.25, 0.3) is 5.91 Å². The van der Waals surface area contributed by atoms with Gasteiger partial charge in [0.15, 0.2) is 6.10 Å². The number of nitrogens with one attached hydrogen (secondary N) is 2. The van der Waals surface area contributed by atoms with Crippen molar-refractivity contribution in [3.8, 4) is 16.9 Å². The molecule has 0 saturated heterocycles. The monoisotopic (exact) mass is 495 g/mol. The summed E-state index contributed by atoms with van der Waals surface area (Å²) in [6, 6.07) is 22.1. The SMILES string of the molecule is C[C@H](Oc1ccc2c(-c3ccccc3)cc(=O)oc2c1)C(=O)N[C@H](Cc1c[nH]c2ccccc12)C(=O)[O-]. The smallest absolute Gasteiger partial charge is 0.336 e. The molecule has 0 saturated carbocycles. The highest BCUT2D eigenvalue weighted by atomic mass is 16.5. The van der Waals surface area contributed by atoms with Crippen molar-refractivity contribution in [1.29, 1.82) is 0 Å². The van der Waals surface area contributed by atoms with Crippen LogP contribution in [0.1, 0.15) is 12.5 Å². The molecule has 0 spiro atoms. The van der Waals surface area contributed by atoms with Gasteiger partial charge in [-0.15, -0.1) is 0 Å². The van der Waals surface area contributed by atoms with E-state index in [-0.39, 0.29) is 6.42 Å². The third-order valence-corrected chi connectivity index (χ3v) is 6.18. The van der Waals surface area contributed by atoms with Gasteiger partial charge in [-0.3, -0.25) is 4.79 Å². The number of fused-ring (bicyclic) bond motifs is 2. The van der Waals surface area contributed by atoms with E-state index in [4.69, 9.17) is 9.15 Å². The number of hydrogen-bond donors (Lipinski definition) is 2. The van der Waals surface area contributed by atoms with Crippen molar-refractivity contribution in [2.24, 2.45) is 0 Å². The van der Waals surface area contributed by atoms with E-state index in [0.717, 1.165) is 27.6 Å². The number of carboxylic acid groups (broad SMARTS) is 1. The summed E-state index contributed by atoms with van der Waals surface area (Å²) in [5.74, 6) is -1.72. The normalized spacial score (nSPS) is 12.8. The van der Waals surface area contributed by atoms with Gasteiger partial charge in [-0.05, 0) is 41.8 Å². The standard InChI is InChI=1S/C29H24N2O6/c1-17(28(33)31-25(29(34)35)13-19-16-30-24-10-6-5-9-21(19)24)36-20-11-12-22-23(18-7-3-2-4-8-18)15-27(32)37-26(22)14-20/h2-12,14-17,25,30H,13H2,1H3,(H,31,33)(H,34,35)/p-1/t17-,25+/m0/s1. The Kier molecular flexibility index (Phi) is 6.47. The molecule has 2 N–H and O–H groups in total. The van der Waals surface area contributed by atoms with Crippen LogP contribution in [0.3, 0.4) is 0 Å². The van der Waals surface area contributed by atoms with E-state index in [0.29, 0.717) is 16.7 Å². The van der Waals surface area contributed by atoms with Gasteiger partial charge < -0.3 is 29.4 Å². The molecule has 8 nitrogen and oxygen atoms in total. The average molecular weight is 496 g/mol. The van der Waals surface area contributed by atoms with Gasteiger partial charge in [-0.25, -0.2) is 4.79 Å². The first-order valence-electron chi connectivity index (χ1n) is 11.8. The van der Waals surface area contributed by atoms with Crippen LogP contribution in [0.5, 0.6) is 5.75 Å². The third kappa shape index (κ3) is 5.08. The van der Waals surface area contributed by atoms with Crippen LogP contribution < -0.4 is 20.8 Å². The lowest BCUT2D eigenvalue weighted by Gasteiger charge is -2.22. The number of amides is 1. The number of aromatic amines is 1. The first kappa shape index (κ1) is 23.9. The number of carbonyl (C=O) groups is 2. The highest BCUT2D eigenvalue weighted by Crippen LogP contribution is 2.30. The topological polar surface area (TPSA) is 124 Å². The van der Waals surface area contributed by atoms with E-state index in [2.05, 4.69) is 10.3 Å². The minimum Gasteiger partial charge on any atom is -0.548 e. The highest BCUT2D eigenvalue weighted by molar-refractivity contribution is 5.94. The summed E-state index contributed by atoms with van der Waals surface area (Å²) in [6.45, 7) is 1.51. The van der Waals surface area contributed by atoms with E-state index in [1.807, 2.05) is 54.6 Å². The Bertz CT molecular complexity index is 1650. The van der Waals surface area contributed by atoms with E-state index in [9.17, 15) is 19.5 Å². The largest absolute Gasteiger partial charge is 0.548 e. The molecule has 5 rings (SSSR count). The molecule has 186 valence electrons. The number of carboxylic acids is 1. The third-order valence-electron chi connectivity index (χ3n) is 6.18. The maximum absolute atomic E-state index is 12.8. The van der Waals surface area contributed by atoms with Crippen molar-refractivity contribution in [1.82, 2.24) is 10.3 Å². The first-order valence-corrected chi connectivity index (χ1v) is 11.8. The Balaban J connectivity index is 1.32. The average Bonchev–Trinajstić information content (AvgIpc) is 3.30. The second-order valence-corrected chi connectivity index (χ2v) is 8.71. The van der Waals surface area contributed by atoms with Gasteiger partial charge in [-0.1, -0.05) is 48.5 Å². The number of aromatic nitrogens is 1. The molecule has 2 heterocycles.